The lowest BCUT2D eigenvalue weighted by Gasteiger charge is -2.30. The van der Waals surface area contributed by atoms with Gasteiger partial charge in [-0.25, -0.2) is 4.98 Å². The summed E-state index contributed by atoms with van der Waals surface area (Å²) in [5, 5.41) is 0.969. The van der Waals surface area contributed by atoms with Crippen LogP contribution in [0.4, 0.5) is 0 Å². The summed E-state index contributed by atoms with van der Waals surface area (Å²) in [7, 11) is 0. The number of nitrogens with zero attached hydrogens (tertiary/aromatic N) is 1. The van der Waals surface area contributed by atoms with Crippen molar-refractivity contribution < 1.29 is 19.1 Å². The number of carbonyl (C=O) groups is 2. The fraction of sp³-hybridized carbons (Fsp3) is 0.292. The van der Waals surface area contributed by atoms with Gasteiger partial charge in [-0.05, 0) is 37.1 Å². The van der Waals surface area contributed by atoms with Gasteiger partial charge in [-0.2, -0.15) is 0 Å². The summed E-state index contributed by atoms with van der Waals surface area (Å²) >= 11 is 0. The third kappa shape index (κ3) is 3.27. The van der Waals surface area contributed by atoms with Crippen LogP contribution in [0.1, 0.15) is 37.8 Å². The highest BCUT2D eigenvalue weighted by Crippen LogP contribution is 2.53. The first-order valence-electron chi connectivity index (χ1n) is 9.90. The maximum Gasteiger partial charge on any atom is 0.307 e. The number of esters is 2. The molecule has 0 saturated carbocycles. The molecule has 0 radical (unpaired) electrons. The molecule has 1 aromatic heterocycles. The quantitative estimate of drug-likeness (QED) is 0.585. The van der Waals surface area contributed by atoms with Gasteiger partial charge in [-0.15, -0.1) is 0 Å². The highest BCUT2D eigenvalue weighted by atomic mass is 16.5. The van der Waals surface area contributed by atoms with Crippen LogP contribution in [0.25, 0.3) is 22.2 Å². The van der Waals surface area contributed by atoms with Crippen LogP contribution in [0.15, 0.2) is 54.6 Å². The minimum atomic E-state index is -0.860. The Hall–Kier alpha value is -3.21. The second kappa shape index (κ2) is 7.66. The predicted octanol–water partition coefficient (Wildman–Crippen LogP) is 4.41. The monoisotopic (exact) mass is 389 g/mol. The van der Waals surface area contributed by atoms with Crippen LogP contribution in [0.5, 0.6) is 0 Å². The summed E-state index contributed by atoms with van der Waals surface area (Å²) in [6.07, 6.45) is 0.118. The molecule has 0 aliphatic heterocycles. The summed E-state index contributed by atoms with van der Waals surface area (Å²) in [6.45, 7) is 4.14. The van der Waals surface area contributed by atoms with Crippen molar-refractivity contribution in [2.45, 2.75) is 32.1 Å². The average molecular weight is 389 g/mol. The van der Waals surface area contributed by atoms with E-state index in [1.165, 1.54) is 0 Å². The van der Waals surface area contributed by atoms with E-state index in [-0.39, 0.29) is 24.8 Å². The van der Waals surface area contributed by atoms with Gasteiger partial charge in [0.2, 0.25) is 0 Å². The minimum absolute atomic E-state index is 0.0592. The lowest BCUT2D eigenvalue weighted by atomic mass is 9.73. The average Bonchev–Trinajstić information content (AvgIpc) is 2.96. The molecule has 0 amide bonds. The molecule has 0 unspecified atom stereocenters. The van der Waals surface area contributed by atoms with Gasteiger partial charge < -0.3 is 9.47 Å². The molecule has 0 fully saturated rings. The number of hydrogen-bond acceptors (Lipinski definition) is 5. The number of carbonyl (C=O) groups excluding carboxylic acids is 2. The Bertz CT molecular complexity index is 1070. The molecule has 0 atom stereocenters. The molecular weight excluding hydrogens is 366 g/mol. The summed E-state index contributed by atoms with van der Waals surface area (Å²) in [5.41, 5.74) is 3.57. The van der Waals surface area contributed by atoms with E-state index >= 15 is 0 Å². The molecule has 29 heavy (non-hydrogen) atoms. The lowest BCUT2D eigenvalue weighted by molar-refractivity contribution is -0.147. The molecule has 5 nitrogen and oxygen atoms in total. The molecular formula is C24H23NO4. The predicted molar refractivity (Wildman–Crippen MR) is 110 cm³/mol. The van der Waals surface area contributed by atoms with E-state index in [1.54, 1.807) is 13.8 Å². The van der Waals surface area contributed by atoms with Gasteiger partial charge in [0.15, 0.2) is 0 Å². The molecule has 0 saturated heterocycles. The molecule has 5 heteroatoms. The van der Waals surface area contributed by atoms with Gasteiger partial charge in [-0.3, -0.25) is 9.59 Å². The van der Waals surface area contributed by atoms with Crippen LogP contribution in [-0.2, 0) is 24.5 Å². The van der Waals surface area contributed by atoms with Crippen molar-refractivity contribution in [1.29, 1.82) is 0 Å². The zero-order valence-electron chi connectivity index (χ0n) is 16.6. The molecule has 0 bridgehead atoms. The lowest BCUT2D eigenvalue weighted by Crippen LogP contribution is -2.33. The van der Waals surface area contributed by atoms with E-state index < -0.39 is 5.41 Å². The molecule has 0 N–H and O–H groups in total. The van der Waals surface area contributed by atoms with E-state index in [4.69, 9.17) is 14.5 Å². The third-order valence-corrected chi connectivity index (χ3v) is 5.44. The first kappa shape index (κ1) is 19.1. The second-order valence-corrected chi connectivity index (χ2v) is 7.17. The standard InChI is InChI=1S/C24H23NO4/c1-3-28-21(26)14-24(15-22(27)29-4-2)18-11-7-6-10-17(18)23-19(24)13-16-9-5-8-12-20(16)25-23/h5-13H,3-4,14-15H2,1-2H3. The van der Waals surface area contributed by atoms with Crippen molar-refractivity contribution in [3.8, 4) is 11.3 Å². The Balaban J connectivity index is 1.97. The summed E-state index contributed by atoms with van der Waals surface area (Å²) in [4.78, 5) is 30.2. The first-order valence-corrected chi connectivity index (χ1v) is 9.90. The number of fused-ring (bicyclic) bond motifs is 4. The molecule has 1 heterocycles. The van der Waals surface area contributed by atoms with Crippen molar-refractivity contribution >= 4 is 22.8 Å². The smallest absolute Gasteiger partial charge is 0.307 e. The Morgan fingerprint density at radius 3 is 2.17 bits per heavy atom. The van der Waals surface area contributed by atoms with Crippen LogP contribution in [0, 0.1) is 0 Å². The molecule has 1 aliphatic rings. The van der Waals surface area contributed by atoms with Gasteiger partial charge >= 0.3 is 11.9 Å². The van der Waals surface area contributed by atoms with Gasteiger partial charge in [0.25, 0.3) is 0 Å². The fourth-order valence-corrected chi connectivity index (χ4v) is 4.30. The van der Waals surface area contributed by atoms with Crippen molar-refractivity contribution in [1.82, 2.24) is 4.98 Å². The highest BCUT2D eigenvalue weighted by Gasteiger charge is 2.47. The molecule has 4 rings (SSSR count). The second-order valence-electron chi connectivity index (χ2n) is 7.17. The van der Waals surface area contributed by atoms with Gasteiger partial charge in [-0.1, -0.05) is 42.5 Å². The van der Waals surface area contributed by atoms with E-state index in [2.05, 4.69) is 6.07 Å². The Morgan fingerprint density at radius 1 is 0.862 bits per heavy atom. The summed E-state index contributed by atoms with van der Waals surface area (Å²) in [6, 6.07) is 17.8. The largest absolute Gasteiger partial charge is 0.466 e. The van der Waals surface area contributed by atoms with Gasteiger partial charge in [0.05, 0.1) is 37.3 Å². The van der Waals surface area contributed by atoms with Crippen LogP contribution in [0.3, 0.4) is 0 Å². The van der Waals surface area contributed by atoms with Crippen molar-refractivity contribution in [2.24, 2.45) is 0 Å². The maximum absolute atomic E-state index is 12.6. The molecule has 2 aromatic carbocycles. The Kier molecular flexibility index (Phi) is 5.05. The molecule has 1 aliphatic carbocycles. The van der Waals surface area contributed by atoms with E-state index in [0.717, 1.165) is 33.3 Å². The molecule has 148 valence electrons. The van der Waals surface area contributed by atoms with Crippen molar-refractivity contribution in [2.75, 3.05) is 13.2 Å². The zero-order chi connectivity index (χ0) is 20.4. The van der Waals surface area contributed by atoms with Crippen molar-refractivity contribution in [3.05, 3.63) is 65.7 Å². The van der Waals surface area contributed by atoms with E-state index in [9.17, 15) is 9.59 Å². The third-order valence-electron chi connectivity index (χ3n) is 5.44. The molecule has 0 spiro atoms. The molecule has 3 aromatic rings. The van der Waals surface area contributed by atoms with Gasteiger partial charge in [0, 0.05) is 16.4 Å². The fourth-order valence-electron chi connectivity index (χ4n) is 4.30. The van der Waals surface area contributed by atoms with Crippen LogP contribution >= 0.6 is 0 Å². The summed E-state index contributed by atoms with van der Waals surface area (Å²) < 4.78 is 10.6. The van der Waals surface area contributed by atoms with Crippen LogP contribution < -0.4 is 0 Å². The van der Waals surface area contributed by atoms with Crippen molar-refractivity contribution in [3.63, 3.8) is 0 Å². The number of benzene rings is 2. The topological polar surface area (TPSA) is 65.5 Å². The van der Waals surface area contributed by atoms with Crippen LogP contribution in [-0.4, -0.2) is 30.1 Å². The summed E-state index contributed by atoms with van der Waals surface area (Å²) in [5.74, 6) is -0.680. The normalized spacial score (nSPS) is 13.6. The SMILES string of the molecule is CCOC(=O)CC1(CC(=O)OCC)c2ccccc2-c2nc3ccccc3cc21. The zero-order valence-corrected chi connectivity index (χ0v) is 16.6. The number of hydrogen-bond donors (Lipinski definition) is 0. The Labute approximate surface area is 169 Å². The number of rotatable bonds is 6. The van der Waals surface area contributed by atoms with Gasteiger partial charge in [0.1, 0.15) is 0 Å². The first-order chi connectivity index (χ1) is 14.1. The number of pyridine rings is 1. The van der Waals surface area contributed by atoms with E-state index in [0.29, 0.717) is 13.2 Å². The Morgan fingerprint density at radius 2 is 1.48 bits per heavy atom. The maximum atomic E-state index is 12.6. The highest BCUT2D eigenvalue weighted by molar-refractivity contribution is 5.91. The number of para-hydroxylation sites is 1. The van der Waals surface area contributed by atoms with Crippen LogP contribution in [0.2, 0.25) is 0 Å². The number of ether oxygens (including phenoxy) is 2. The minimum Gasteiger partial charge on any atom is -0.466 e. The van der Waals surface area contributed by atoms with E-state index in [1.807, 2.05) is 48.5 Å². The number of aromatic nitrogens is 1.